The molecule has 1 heterocycles. The van der Waals surface area contributed by atoms with Crippen LogP contribution in [0.25, 0.3) is 11.0 Å². The molecule has 0 amide bonds. The van der Waals surface area contributed by atoms with Crippen LogP contribution in [-0.2, 0) is 6.42 Å². The van der Waals surface area contributed by atoms with Gasteiger partial charge in [-0.15, -0.1) is 0 Å². The van der Waals surface area contributed by atoms with Crippen molar-refractivity contribution in [2.45, 2.75) is 58.9 Å². The Labute approximate surface area is 122 Å². The van der Waals surface area contributed by atoms with Crippen molar-refractivity contribution in [1.82, 2.24) is 0 Å². The summed E-state index contributed by atoms with van der Waals surface area (Å²) in [4.78, 5) is 0. The molecule has 2 nitrogen and oxygen atoms in total. The topological polar surface area (TPSA) is 39.2 Å². The van der Waals surface area contributed by atoms with E-state index >= 15 is 0 Å². The van der Waals surface area contributed by atoms with Gasteiger partial charge in [-0.05, 0) is 24.8 Å². The summed E-state index contributed by atoms with van der Waals surface area (Å²) in [5.41, 5.74) is 8.86. The van der Waals surface area contributed by atoms with E-state index in [2.05, 4.69) is 32.9 Å². The molecule has 0 aliphatic heterocycles. The van der Waals surface area contributed by atoms with Gasteiger partial charge in [0.15, 0.2) is 0 Å². The highest BCUT2D eigenvalue weighted by Gasteiger charge is 2.24. The van der Waals surface area contributed by atoms with Gasteiger partial charge >= 0.3 is 0 Å². The van der Waals surface area contributed by atoms with E-state index in [0.717, 1.165) is 17.8 Å². The molecule has 1 aromatic heterocycles. The van der Waals surface area contributed by atoms with Crippen molar-refractivity contribution >= 4 is 11.0 Å². The summed E-state index contributed by atoms with van der Waals surface area (Å²) in [6, 6.07) is 8.37. The molecule has 2 rings (SSSR count). The molecule has 0 spiro atoms. The highest BCUT2D eigenvalue weighted by Crippen LogP contribution is 2.36. The normalized spacial score (nSPS) is 13.2. The van der Waals surface area contributed by atoms with Crippen LogP contribution in [0.4, 0.5) is 0 Å². The Morgan fingerprint density at radius 1 is 1.05 bits per heavy atom. The Morgan fingerprint density at radius 2 is 1.70 bits per heavy atom. The number of hydrogen-bond donors (Lipinski definition) is 1. The van der Waals surface area contributed by atoms with Crippen LogP contribution in [0, 0.1) is 5.92 Å². The minimum atomic E-state index is 0.0912. The van der Waals surface area contributed by atoms with Crippen molar-refractivity contribution in [2.24, 2.45) is 11.7 Å². The molecule has 0 saturated heterocycles. The molecular weight excluding hydrogens is 246 g/mol. The van der Waals surface area contributed by atoms with E-state index in [9.17, 15) is 0 Å². The van der Waals surface area contributed by atoms with Gasteiger partial charge in [0.1, 0.15) is 11.3 Å². The van der Waals surface area contributed by atoms with Crippen molar-refractivity contribution in [3.05, 3.63) is 35.6 Å². The maximum Gasteiger partial charge on any atom is 0.134 e. The molecule has 0 radical (unpaired) electrons. The van der Waals surface area contributed by atoms with E-state index in [4.69, 9.17) is 10.2 Å². The molecule has 0 saturated carbocycles. The smallest absolute Gasteiger partial charge is 0.134 e. The number of hydrogen-bond acceptors (Lipinski definition) is 2. The molecular formula is C18H27NO. The molecule has 2 N–H and O–H groups in total. The molecule has 1 aromatic carbocycles. The minimum absolute atomic E-state index is 0.0912. The summed E-state index contributed by atoms with van der Waals surface area (Å²) in [5.74, 6) is 1.62. The second kappa shape index (κ2) is 6.94. The van der Waals surface area contributed by atoms with Crippen molar-refractivity contribution in [3.63, 3.8) is 0 Å². The van der Waals surface area contributed by atoms with Gasteiger partial charge < -0.3 is 10.2 Å². The van der Waals surface area contributed by atoms with Gasteiger partial charge in [-0.2, -0.15) is 0 Å². The lowest BCUT2D eigenvalue weighted by atomic mass is 9.85. The predicted octanol–water partition coefficient (Wildman–Crippen LogP) is 5.21. The summed E-state index contributed by atoms with van der Waals surface area (Å²) in [7, 11) is 0. The average molecular weight is 273 g/mol. The van der Waals surface area contributed by atoms with Crippen molar-refractivity contribution in [3.8, 4) is 0 Å². The standard InChI is InChI=1S/C18H27NO/c1-4-9-13(10-5-2)18(19)17-14-11-7-8-12-16(14)20-15(17)6-3/h7-8,11-13,18H,4-6,9-10,19H2,1-3H3. The number of nitrogens with two attached hydrogens (primary N) is 1. The molecule has 2 aromatic rings. The van der Waals surface area contributed by atoms with E-state index in [-0.39, 0.29) is 6.04 Å². The number of rotatable bonds is 7. The average Bonchev–Trinajstić information content (AvgIpc) is 2.84. The Bertz CT molecular complexity index is 537. The summed E-state index contributed by atoms with van der Waals surface area (Å²) in [6.45, 7) is 6.62. The van der Waals surface area contributed by atoms with Gasteiger partial charge in [-0.3, -0.25) is 0 Å². The van der Waals surface area contributed by atoms with Crippen LogP contribution in [0.1, 0.15) is 63.8 Å². The van der Waals surface area contributed by atoms with Crippen LogP contribution < -0.4 is 5.73 Å². The number of fused-ring (bicyclic) bond motifs is 1. The molecule has 110 valence electrons. The van der Waals surface area contributed by atoms with Crippen molar-refractivity contribution < 1.29 is 4.42 Å². The van der Waals surface area contributed by atoms with Crippen molar-refractivity contribution in [2.75, 3.05) is 0 Å². The lowest BCUT2D eigenvalue weighted by molar-refractivity contribution is 0.364. The molecule has 0 aliphatic rings. The molecule has 1 atom stereocenters. The van der Waals surface area contributed by atoms with Crippen LogP contribution in [0.5, 0.6) is 0 Å². The lowest BCUT2D eigenvalue weighted by Crippen LogP contribution is -2.22. The van der Waals surface area contributed by atoms with E-state index in [1.807, 2.05) is 12.1 Å². The quantitative estimate of drug-likeness (QED) is 0.752. The number of para-hydroxylation sites is 1. The highest BCUT2D eigenvalue weighted by atomic mass is 16.3. The Kier molecular flexibility index (Phi) is 5.24. The summed E-state index contributed by atoms with van der Waals surface area (Å²) in [5, 5.41) is 1.20. The largest absolute Gasteiger partial charge is 0.461 e. The molecule has 0 aliphatic carbocycles. The maximum absolute atomic E-state index is 6.64. The number of benzene rings is 1. The van der Waals surface area contributed by atoms with Crippen LogP contribution in [0.2, 0.25) is 0 Å². The van der Waals surface area contributed by atoms with E-state index in [0.29, 0.717) is 5.92 Å². The Balaban J connectivity index is 2.43. The molecule has 20 heavy (non-hydrogen) atoms. The fraction of sp³-hybridized carbons (Fsp3) is 0.556. The first-order valence-corrected chi connectivity index (χ1v) is 7.98. The van der Waals surface area contributed by atoms with Crippen LogP contribution >= 0.6 is 0 Å². The molecule has 1 unspecified atom stereocenters. The van der Waals surface area contributed by atoms with Crippen LogP contribution in [-0.4, -0.2) is 0 Å². The molecule has 2 heteroatoms. The van der Waals surface area contributed by atoms with Gasteiger partial charge in [0.25, 0.3) is 0 Å². The monoisotopic (exact) mass is 273 g/mol. The third-order valence-corrected chi connectivity index (χ3v) is 4.19. The first-order valence-electron chi connectivity index (χ1n) is 7.98. The fourth-order valence-corrected chi connectivity index (χ4v) is 3.22. The summed E-state index contributed by atoms with van der Waals surface area (Å²) in [6.07, 6.45) is 5.67. The first kappa shape index (κ1) is 15.1. The zero-order chi connectivity index (χ0) is 14.5. The second-order valence-corrected chi connectivity index (χ2v) is 5.65. The maximum atomic E-state index is 6.64. The molecule has 0 fully saturated rings. The van der Waals surface area contributed by atoms with E-state index in [1.54, 1.807) is 0 Å². The molecule has 0 bridgehead atoms. The van der Waals surface area contributed by atoms with Crippen LogP contribution in [0.15, 0.2) is 28.7 Å². The van der Waals surface area contributed by atoms with Crippen molar-refractivity contribution in [1.29, 1.82) is 0 Å². The lowest BCUT2D eigenvalue weighted by Gasteiger charge is -2.23. The number of aryl methyl sites for hydroxylation is 1. The zero-order valence-electron chi connectivity index (χ0n) is 13.0. The Hall–Kier alpha value is -1.28. The first-order chi connectivity index (χ1) is 9.72. The van der Waals surface area contributed by atoms with Gasteiger partial charge in [0.05, 0.1) is 0 Å². The zero-order valence-corrected chi connectivity index (χ0v) is 13.0. The van der Waals surface area contributed by atoms with Gasteiger partial charge in [0, 0.05) is 23.4 Å². The Morgan fingerprint density at radius 3 is 2.30 bits per heavy atom. The van der Waals surface area contributed by atoms with E-state index in [1.165, 1.54) is 36.6 Å². The van der Waals surface area contributed by atoms with Gasteiger partial charge in [-0.1, -0.05) is 51.8 Å². The minimum Gasteiger partial charge on any atom is -0.461 e. The fourth-order valence-electron chi connectivity index (χ4n) is 3.22. The third kappa shape index (κ3) is 2.90. The van der Waals surface area contributed by atoms with Gasteiger partial charge in [-0.25, -0.2) is 0 Å². The van der Waals surface area contributed by atoms with Gasteiger partial charge in [0.2, 0.25) is 0 Å². The van der Waals surface area contributed by atoms with Crippen LogP contribution in [0.3, 0.4) is 0 Å². The highest BCUT2D eigenvalue weighted by molar-refractivity contribution is 5.82. The number of furan rings is 1. The predicted molar refractivity (Wildman–Crippen MR) is 85.8 cm³/mol. The summed E-state index contributed by atoms with van der Waals surface area (Å²) < 4.78 is 6.00. The second-order valence-electron chi connectivity index (χ2n) is 5.65. The third-order valence-electron chi connectivity index (χ3n) is 4.19. The SMILES string of the molecule is CCCC(CCC)C(N)c1c(CC)oc2ccccc12. The summed E-state index contributed by atoms with van der Waals surface area (Å²) >= 11 is 0. The van der Waals surface area contributed by atoms with E-state index < -0.39 is 0 Å².